The Balaban J connectivity index is 1.68. The number of carbonyl (C=O) groups excluding carboxylic acids is 1. The van der Waals surface area contributed by atoms with Crippen molar-refractivity contribution >= 4 is 5.78 Å². The van der Waals surface area contributed by atoms with Gasteiger partial charge in [-0.1, -0.05) is 44.2 Å². The molecule has 0 fully saturated rings. The van der Waals surface area contributed by atoms with Crippen LogP contribution in [-0.2, 0) is 0 Å². The zero-order valence-corrected chi connectivity index (χ0v) is 16.9. The minimum absolute atomic E-state index is 0.0129. The lowest BCUT2D eigenvalue weighted by Gasteiger charge is -2.18. The molecular weight excluding hydrogens is 352 g/mol. The smallest absolute Gasteiger partial charge is 0.193 e. The Kier molecular flexibility index (Phi) is 9.69. The van der Waals surface area contributed by atoms with Crippen molar-refractivity contribution in [2.24, 2.45) is 0 Å². The van der Waals surface area contributed by atoms with Crippen LogP contribution < -0.4 is 10.1 Å². The first-order chi connectivity index (χ1) is 13.6. The molecule has 0 spiro atoms. The highest BCUT2D eigenvalue weighted by Gasteiger charge is 2.09. The van der Waals surface area contributed by atoms with Crippen LogP contribution in [0.5, 0.6) is 5.75 Å². The highest BCUT2D eigenvalue weighted by atomic mass is 16.5. The largest absolute Gasteiger partial charge is 0.491 e. The highest BCUT2D eigenvalue weighted by Crippen LogP contribution is 2.15. The molecule has 1 atom stereocenters. The fourth-order valence-electron chi connectivity index (χ4n) is 2.95. The summed E-state index contributed by atoms with van der Waals surface area (Å²) in [6.07, 6.45) is 0.491. The molecule has 0 amide bonds. The monoisotopic (exact) mass is 384 g/mol. The number of carbonyl (C=O) groups is 1. The van der Waals surface area contributed by atoms with Crippen molar-refractivity contribution in [1.29, 1.82) is 0 Å². The number of ketones is 1. The van der Waals surface area contributed by atoms with Crippen LogP contribution >= 0.6 is 0 Å². The third-order valence-corrected chi connectivity index (χ3v) is 4.70. The Hall–Kier alpha value is -2.21. The number of hydrogen-bond donors (Lipinski definition) is 2. The van der Waals surface area contributed by atoms with Gasteiger partial charge in [-0.2, -0.15) is 0 Å². The van der Waals surface area contributed by atoms with E-state index in [1.54, 1.807) is 36.4 Å². The third kappa shape index (κ3) is 7.43. The van der Waals surface area contributed by atoms with Crippen molar-refractivity contribution in [2.45, 2.75) is 26.4 Å². The zero-order valence-electron chi connectivity index (χ0n) is 16.9. The van der Waals surface area contributed by atoms with Gasteiger partial charge < -0.3 is 20.1 Å². The maximum absolute atomic E-state index is 12.4. The average Bonchev–Trinajstić information content (AvgIpc) is 2.75. The van der Waals surface area contributed by atoms with Gasteiger partial charge in [-0.3, -0.25) is 4.79 Å². The molecule has 2 N–H and O–H groups in total. The molecule has 2 aromatic carbocycles. The van der Waals surface area contributed by atoms with Gasteiger partial charge in [0.15, 0.2) is 5.78 Å². The van der Waals surface area contributed by atoms with Gasteiger partial charge in [-0.05, 0) is 56.9 Å². The summed E-state index contributed by atoms with van der Waals surface area (Å²) in [5, 5.41) is 13.3. The number of nitrogens with zero attached hydrogens (tertiary/aromatic N) is 1. The van der Waals surface area contributed by atoms with E-state index in [-0.39, 0.29) is 12.4 Å². The molecule has 28 heavy (non-hydrogen) atoms. The normalized spacial score (nSPS) is 12.1. The van der Waals surface area contributed by atoms with Crippen LogP contribution in [0.1, 0.15) is 36.2 Å². The molecule has 2 aromatic rings. The van der Waals surface area contributed by atoms with Crippen LogP contribution in [-0.4, -0.2) is 61.2 Å². The van der Waals surface area contributed by atoms with E-state index in [9.17, 15) is 9.90 Å². The second kappa shape index (κ2) is 12.3. The Labute approximate surface area is 168 Å². The van der Waals surface area contributed by atoms with Crippen LogP contribution in [0.2, 0.25) is 0 Å². The molecule has 2 rings (SSSR count). The molecule has 0 unspecified atom stereocenters. The van der Waals surface area contributed by atoms with Gasteiger partial charge in [-0.15, -0.1) is 0 Å². The first-order valence-corrected chi connectivity index (χ1v) is 10.1. The Morgan fingerprint density at radius 3 is 2.32 bits per heavy atom. The molecule has 0 heterocycles. The maximum Gasteiger partial charge on any atom is 0.193 e. The van der Waals surface area contributed by atoms with Crippen molar-refractivity contribution in [3.05, 3.63) is 65.7 Å². The SMILES string of the molecule is CCN(CC)CCCNC[C@@H](O)COc1ccc(C(=O)c2ccccc2)cc1. The predicted octanol–water partition coefficient (Wildman–Crippen LogP) is 2.98. The van der Waals surface area contributed by atoms with Gasteiger partial charge >= 0.3 is 0 Å². The zero-order chi connectivity index (χ0) is 20.2. The van der Waals surface area contributed by atoms with Crippen molar-refractivity contribution in [3.63, 3.8) is 0 Å². The molecule has 0 saturated carbocycles. The number of benzene rings is 2. The van der Waals surface area contributed by atoms with Crippen molar-refractivity contribution in [1.82, 2.24) is 10.2 Å². The second-order valence-electron chi connectivity index (χ2n) is 6.77. The van der Waals surface area contributed by atoms with Crippen LogP contribution in [0.4, 0.5) is 0 Å². The van der Waals surface area contributed by atoms with E-state index in [2.05, 4.69) is 24.1 Å². The van der Waals surface area contributed by atoms with Crippen LogP contribution in [0.3, 0.4) is 0 Å². The topological polar surface area (TPSA) is 61.8 Å². The van der Waals surface area contributed by atoms with E-state index in [1.807, 2.05) is 18.2 Å². The number of aliphatic hydroxyl groups is 1. The van der Waals surface area contributed by atoms with Gasteiger partial charge in [0.1, 0.15) is 18.5 Å². The Morgan fingerprint density at radius 1 is 1.04 bits per heavy atom. The van der Waals surface area contributed by atoms with E-state index in [0.717, 1.165) is 32.6 Å². The first-order valence-electron chi connectivity index (χ1n) is 10.1. The summed E-state index contributed by atoms with van der Waals surface area (Å²) in [5.41, 5.74) is 1.28. The van der Waals surface area contributed by atoms with E-state index in [4.69, 9.17) is 4.74 Å². The lowest BCUT2D eigenvalue weighted by Crippen LogP contribution is -2.33. The van der Waals surface area contributed by atoms with Gasteiger partial charge in [0.05, 0.1) is 0 Å². The molecule has 152 valence electrons. The molecule has 0 saturated heterocycles. The van der Waals surface area contributed by atoms with Gasteiger partial charge in [-0.25, -0.2) is 0 Å². The van der Waals surface area contributed by atoms with Gasteiger partial charge in [0.2, 0.25) is 0 Å². The molecule has 0 aliphatic heterocycles. The van der Waals surface area contributed by atoms with Crippen molar-refractivity contribution in [3.8, 4) is 5.75 Å². The molecule has 0 radical (unpaired) electrons. The summed E-state index contributed by atoms with van der Waals surface area (Å²) in [5.74, 6) is 0.631. The number of ether oxygens (including phenoxy) is 1. The van der Waals surface area contributed by atoms with Crippen molar-refractivity contribution in [2.75, 3.05) is 39.3 Å². The summed E-state index contributed by atoms with van der Waals surface area (Å²) in [4.78, 5) is 14.8. The maximum atomic E-state index is 12.4. The summed E-state index contributed by atoms with van der Waals surface area (Å²) in [7, 11) is 0. The number of nitrogens with one attached hydrogen (secondary N) is 1. The van der Waals surface area contributed by atoms with Crippen LogP contribution in [0.25, 0.3) is 0 Å². The molecule has 0 aromatic heterocycles. The molecular formula is C23H32N2O3. The van der Waals surface area contributed by atoms with E-state index >= 15 is 0 Å². The fraction of sp³-hybridized carbons (Fsp3) is 0.435. The summed E-state index contributed by atoms with van der Waals surface area (Å²) >= 11 is 0. The molecule has 0 aliphatic rings. The van der Waals surface area contributed by atoms with Gasteiger partial charge in [0.25, 0.3) is 0 Å². The minimum atomic E-state index is -0.570. The summed E-state index contributed by atoms with van der Waals surface area (Å²) in [6, 6.07) is 16.2. The Bertz CT molecular complexity index is 685. The number of aliphatic hydroxyl groups excluding tert-OH is 1. The summed E-state index contributed by atoms with van der Waals surface area (Å²) in [6.45, 7) is 9.15. The first kappa shape index (κ1) is 22.1. The Morgan fingerprint density at radius 2 is 1.68 bits per heavy atom. The minimum Gasteiger partial charge on any atom is -0.491 e. The summed E-state index contributed by atoms with van der Waals surface area (Å²) < 4.78 is 5.63. The molecule has 5 heteroatoms. The third-order valence-electron chi connectivity index (χ3n) is 4.70. The van der Waals surface area contributed by atoms with Gasteiger partial charge in [0, 0.05) is 17.7 Å². The van der Waals surface area contributed by atoms with E-state index < -0.39 is 6.10 Å². The highest BCUT2D eigenvalue weighted by molar-refractivity contribution is 6.08. The van der Waals surface area contributed by atoms with Crippen LogP contribution in [0.15, 0.2) is 54.6 Å². The fourth-order valence-corrected chi connectivity index (χ4v) is 2.95. The lowest BCUT2D eigenvalue weighted by molar-refractivity contribution is 0.103. The lowest BCUT2D eigenvalue weighted by atomic mass is 10.0. The number of hydrogen-bond acceptors (Lipinski definition) is 5. The predicted molar refractivity (Wildman–Crippen MR) is 113 cm³/mol. The second-order valence-corrected chi connectivity index (χ2v) is 6.77. The number of rotatable bonds is 13. The standard InChI is InChI=1S/C23H32N2O3/c1-3-25(4-2)16-8-15-24-17-21(26)18-28-22-13-11-20(12-14-22)23(27)19-9-6-5-7-10-19/h5-7,9-14,21,24,26H,3-4,8,15-18H2,1-2H3/t21-/m1/s1. The quantitative estimate of drug-likeness (QED) is 0.411. The van der Waals surface area contributed by atoms with Crippen molar-refractivity contribution < 1.29 is 14.6 Å². The molecule has 5 nitrogen and oxygen atoms in total. The van der Waals surface area contributed by atoms with E-state index in [1.165, 1.54) is 0 Å². The molecule has 0 aliphatic carbocycles. The average molecular weight is 385 g/mol. The van der Waals surface area contributed by atoms with Crippen LogP contribution in [0, 0.1) is 0 Å². The molecule has 0 bridgehead atoms. The van der Waals surface area contributed by atoms with E-state index in [0.29, 0.717) is 23.4 Å².